The maximum absolute atomic E-state index is 13.5. The summed E-state index contributed by atoms with van der Waals surface area (Å²) in [6.07, 6.45) is 0.505. The molecular formula is C24H22F3N5O2. The number of nitrogens with zero attached hydrogens (tertiary/aromatic N) is 4. The molecule has 0 bridgehead atoms. The smallest absolute Gasteiger partial charge is 0.361 e. The minimum absolute atomic E-state index is 0.273. The number of benzene rings is 1. The Morgan fingerprint density at radius 1 is 1.18 bits per heavy atom. The van der Waals surface area contributed by atoms with Crippen molar-refractivity contribution in [3.8, 4) is 5.69 Å². The number of hydrogen-bond donors (Lipinski definition) is 1. The van der Waals surface area contributed by atoms with Crippen LogP contribution in [0.3, 0.4) is 0 Å². The van der Waals surface area contributed by atoms with Gasteiger partial charge in [-0.3, -0.25) is 9.59 Å². The maximum Gasteiger partial charge on any atom is 0.416 e. The van der Waals surface area contributed by atoms with Crippen molar-refractivity contribution in [1.29, 1.82) is 0 Å². The van der Waals surface area contributed by atoms with Crippen molar-refractivity contribution in [1.82, 2.24) is 24.0 Å². The third-order valence-electron chi connectivity index (χ3n) is 6.43. The summed E-state index contributed by atoms with van der Waals surface area (Å²) in [6, 6.07) is 6.04. The molecule has 4 aromatic rings. The molecule has 0 radical (unpaired) electrons. The molecule has 4 heterocycles. The van der Waals surface area contributed by atoms with E-state index in [9.17, 15) is 22.8 Å². The summed E-state index contributed by atoms with van der Waals surface area (Å²) in [6.45, 7) is 5.82. The van der Waals surface area contributed by atoms with Crippen molar-refractivity contribution < 1.29 is 18.0 Å². The molecule has 0 saturated heterocycles. The number of fused-ring (bicyclic) bond motifs is 2. The fourth-order valence-electron chi connectivity index (χ4n) is 4.75. The van der Waals surface area contributed by atoms with Crippen LogP contribution in [0.25, 0.3) is 16.6 Å². The summed E-state index contributed by atoms with van der Waals surface area (Å²) in [7, 11) is 0. The molecule has 10 heteroatoms. The Balaban J connectivity index is 1.51. The molecule has 1 aliphatic rings. The number of imidazole rings is 1. The van der Waals surface area contributed by atoms with E-state index in [1.165, 1.54) is 10.6 Å². The summed E-state index contributed by atoms with van der Waals surface area (Å²) in [4.78, 5) is 35.4. The Morgan fingerprint density at radius 3 is 2.62 bits per heavy atom. The molecule has 1 aliphatic heterocycles. The average molecular weight is 469 g/mol. The quantitative estimate of drug-likeness (QED) is 0.482. The zero-order valence-corrected chi connectivity index (χ0v) is 18.7. The van der Waals surface area contributed by atoms with Gasteiger partial charge in [-0.15, -0.1) is 0 Å². The van der Waals surface area contributed by atoms with Gasteiger partial charge in [-0.05, 0) is 50.6 Å². The van der Waals surface area contributed by atoms with Crippen molar-refractivity contribution in [2.24, 2.45) is 0 Å². The predicted octanol–water partition coefficient (Wildman–Crippen LogP) is 4.45. The number of hydrogen-bond acceptors (Lipinski definition) is 3. The fourth-order valence-corrected chi connectivity index (χ4v) is 4.75. The zero-order chi connectivity index (χ0) is 24.4. The number of alkyl halides is 3. The van der Waals surface area contributed by atoms with Crippen LogP contribution in [0.15, 0.2) is 53.8 Å². The highest BCUT2D eigenvalue weighted by Gasteiger charge is 2.36. The molecule has 5 rings (SSSR count). The van der Waals surface area contributed by atoms with Gasteiger partial charge in [0.05, 0.1) is 23.6 Å². The Hall–Kier alpha value is -3.82. The standard InChI is InChI=1S/C24H22F3N5O2/c1-13-10-30(12-29-13)20-6-7-21-23(34)32(14(2)11-31(21)22(20)33)15(3)18-9-28-19-8-16(24(25,26)27)4-5-17(18)19/h4-10,12,14-15,28H,11H2,1-3H3. The highest BCUT2D eigenvalue weighted by atomic mass is 19.4. The molecule has 0 fully saturated rings. The van der Waals surface area contributed by atoms with Gasteiger partial charge in [0.2, 0.25) is 0 Å². The van der Waals surface area contributed by atoms with Crippen LogP contribution in [0.5, 0.6) is 0 Å². The number of carbonyl (C=O) groups excluding carboxylic acids is 1. The second kappa shape index (κ2) is 7.61. The van der Waals surface area contributed by atoms with Gasteiger partial charge in [0, 0.05) is 35.9 Å². The molecule has 7 nitrogen and oxygen atoms in total. The van der Waals surface area contributed by atoms with E-state index in [2.05, 4.69) is 9.97 Å². The molecule has 1 aromatic carbocycles. The molecule has 0 aliphatic carbocycles. The van der Waals surface area contributed by atoms with Crippen molar-refractivity contribution in [3.63, 3.8) is 0 Å². The maximum atomic E-state index is 13.5. The van der Waals surface area contributed by atoms with Gasteiger partial charge in [0.1, 0.15) is 11.4 Å². The third-order valence-corrected chi connectivity index (χ3v) is 6.43. The molecule has 1 amide bonds. The number of pyridine rings is 1. The van der Waals surface area contributed by atoms with Crippen LogP contribution in [0.2, 0.25) is 0 Å². The minimum Gasteiger partial charge on any atom is -0.361 e. The van der Waals surface area contributed by atoms with Gasteiger partial charge < -0.3 is 19.0 Å². The van der Waals surface area contributed by atoms with Gasteiger partial charge in [0.25, 0.3) is 11.5 Å². The third kappa shape index (κ3) is 3.41. The van der Waals surface area contributed by atoms with Crippen LogP contribution in [-0.2, 0) is 12.7 Å². The molecule has 1 N–H and O–H groups in total. The summed E-state index contributed by atoms with van der Waals surface area (Å²) >= 11 is 0. The van der Waals surface area contributed by atoms with Crippen LogP contribution in [-0.4, -0.2) is 36.0 Å². The number of aryl methyl sites for hydroxylation is 1. The minimum atomic E-state index is -4.44. The Bertz CT molecular complexity index is 1480. The van der Waals surface area contributed by atoms with Crippen LogP contribution in [0.4, 0.5) is 13.2 Å². The lowest BCUT2D eigenvalue weighted by Gasteiger charge is -2.39. The van der Waals surface area contributed by atoms with Crippen LogP contribution >= 0.6 is 0 Å². The number of halogens is 3. The van der Waals surface area contributed by atoms with E-state index in [1.807, 2.05) is 20.8 Å². The van der Waals surface area contributed by atoms with E-state index >= 15 is 0 Å². The normalized spacial score (nSPS) is 17.3. The Labute approximate surface area is 192 Å². The molecule has 176 valence electrons. The Kier molecular flexibility index (Phi) is 4.92. The van der Waals surface area contributed by atoms with Crippen LogP contribution in [0, 0.1) is 6.92 Å². The number of rotatable bonds is 3. The van der Waals surface area contributed by atoms with Crippen molar-refractivity contribution in [2.45, 2.75) is 45.6 Å². The SMILES string of the molecule is Cc1cn(-c2ccc3n(c2=O)CC(C)N(C(C)c2c[nH]c4cc(C(F)(F)F)ccc24)C3=O)cn1. The van der Waals surface area contributed by atoms with Crippen LogP contribution < -0.4 is 5.56 Å². The molecular weight excluding hydrogens is 447 g/mol. The average Bonchev–Trinajstić information content (AvgIpc) is 3.39. The number of carbonyl (C=O) groups is 1. The van der Waals surface area contributed by atoms with Crippen molar-refractivity contribution >= 4 is 16.8 Å². The molecule has 3 aromatic heterocycles. The second-order valence-electron chi connectivity index (χ2n) is 8.68. The lowest BCUT2D eigenvalue weighted by Crippen LogP contribution is -2.50. The Morgan fingerprint density at radius 2 is 1.94 bits per heavy atom. The highest BCUT2D eigenvalue weighted by molar-refractivity contribution is 5.94. The van der Waals surface area contributed by atoms with E-state index in [-0.39, 0.29) is 23.2 Å². The number of H-pyrrole nitrogens is 1. The fraction of sp³-hybridized carbons (Fsp3) is 0.292. The molecule has 2 unspecified atom stereocenters. The molecule has 0 spiro atoms. The first-order chi connectivity index (χ1) is 16.1. The van der Waals surface area contributed by atoms with Crippen molar-refractivity contribution in [3.05, 3.63) is 81.9 Å². The summed E-state index contributed by atoms with van der Waals surface area (Å²) in [5, 5.41) is 0.620. The number of aromatic nitrogens is 4. The summed E-state index contributed by atoms with van der Waals surface area (Å²) in [5.74, 6) is -0.307. The molecule has 2 atom stereocenters. The first-order valence-electron chi connectivity index (χ1n) is 10.8. The zero-order valence-electron chi connectivity index (χ0n) is 18.7. The predicted molar refractivity (Wildman–Crippen MR) is 120 cm³/mol. The van der Waals surface area contributed by atoms with E-state index < -0.39 is 17.8 Å². The monoisotopic (exact) mass is 469 g/mol. The van der Waals surface area contributed by atoms with E-state index in [0.29, 0.717) is 28.7 Å². The first-order valence-corrected chi connectivity index (χ1v) is 10.8. The molecule has 0 saturated carbocycles. The first kappa shape index (κ1) is 22.0. The van der Waals surface area contributed by atoms with Gasteiger partial charge in [-0.25, -0.2) is 4.98 Å². The summed E-state index contributed by atoms with van der Waals surface area (Å²) < 4.78 is 42.4. The number of amides is 1. The van der Waals surface area contributed by atoms with Gasteiger partial charge in [-0.2, -0.15) is 13.2 Å². The summed E-state index contributed by atoms with van der Waals surface area (Å²) in [5.41, 5.74) is 1.50. The lowest BCUT2D eigenvalue weighted by molar-refractivity contribution is -0.137. The van der Waals surface area contributed by atoms with E-state index in [4.69, 9.17) is 0 Å². The van der Waals surface area contributed by atoms with Gasteiger partial charge in [-0.1, -0.05) is 6.07 Å². The van der Waals surface area contributed by atoms with Crippen LogP contribution in [0.1, 0.15) is 47.2 Å². The van der Waals surface area contributed by atoms with Gasteiger partial charge in [0.15, 0.2) is 0 Å². The second-order valence-corrected chi connectivity index (χ2v) is 8.68. The topological polar surface area (TPSA) is 75.9 Å². The van der Waals surface area contributed by atoms with Gasteiger partial charge >= 0.3 is 6.18 Å². The lowest BCUT2D eigenvalue weighted by atomic mass is 10.0. The van der Waals surface area contributed by atoms with E-state index in [1.54, 1.807) is 40.3 Å². The molecule has 34 heavy (non-hydrogen) atoms. The van der Waals surface area contributed by atoms with Crippen molar-refractivity contribution in [2.75, 3.05) is 0 Å². The number of aromatic amines is 1. The number of nitrogens with one attached hydrogen (secondary N) is 1. The largest absolute Gasteiger partial charge is 0.416 e. The highest BCUT2D eigenvalue weighted by Crippen LogP contribution is 2.36. The van der Waals surface area contributed by atoms with E-state index in [0.717, 1.165) is 17.8 Å².